The van der Waals surface area contributed by atoms with Gasteiger partial charge in [-0.3, -0.25) is 14.2 Å². The lowest BCUT2D eigenvalue weighted by Crippen LogP contribution is -2.40. The van der Waals surface area contributed by atoms with Crippen LogP contribution in [-0.2, 0) is 14.3 Å². The Labute approximate surface area is 280 Å². The van der Waals surface area contributed by atoms with E-state index in [1.807, 2.05) is 36.9 Å². The van der Waals surface area contributed by atoms with Crippen molar-refractivity contribution >= 4 is 45.2 Å². The molecular formula is C34H38BrN3O7S. The Morgan fingerprint density at radius 1 is 1.02 bits per heavy atom. The van der Waals surface area contributed by atoms with Crippen LogP contribution in [-0.4, -0.2) is 61.4 Å². The van der Waals surface area contributed by atoms with Crippen LogP contribution in [0.2, 0.25) is 0 Å². The van der Waals surface area contributed by atoms with Gasteiger partial charge in [0.05, 0.1) is 46.6 Å². The Bertz CT molecular complexity index is 1820. The number of carbonyl (C=O) groups excluding carboxylic acids is 2. The highest BCUT2D eigenvalue weighted by Gasteiger charge is 2.34. The first-order valence-corrected chi connectivity index (χ1v) is 17.1. The number of rotatable bonds is 12. The number of hydrogen-bond acceptors (Lipinski definition) is 9. The number of allylic oxidation sites excluding steroid dienone is 1. The molecule has 244 valence electrons. The number of likely N-dealkylation sites (tertiary alicyclic amines) is 1. The van der Waals surface area contributed by atoms with E-state index in [1.165, 1.54) is 11.3 Å². The van der Waals surface area contributed by atoms with Crippen molar-refractivity contribution in [2.75, 3.05) is 40.0 Å². The van der Waals surface area contributed by atoms with Crippen LogP contribution in [0.4, 0.5) is 0 Å². The van der Waals surface area contributed by atoms with Crippen LogP contribution >= 0.6 is 27.3 Å². The number of thiazole rings is 1. The van der Waals surface area contributed by atoms with Gasteiger partial charge in [0.1, 0.15) is 5.75 Å². The molecule has 2 aliphatic heterocycles. The Hall–Kier alpha value is -3.90. The van der Waals surface area contributed by atoms with E-state index in [0.29, 0.717) is 60.9 Å². The third-order valence-electron chi connectivity index (χ3n) is 7.76. The second-order valence-corrected chi connectivity index (χ2v) is 12.7. The highest BCUT2D eigenvalue weighted by molar-refractivity contribution is 9.10. The first-order valence-electron chi connectivity index (χ1n) is 15.5. The maximum absolute atomic E-state index is 14.2. The van der Waals surface area contributed by atoms with Gasteiger partial charge >= 0.3 is 5.97 Å². The zero-order chi connectivity index (χ0) is 32.8. The van der Waals surface area contributed by atoms with E-state index in [9.17, 15) is 14.4 Å². The molecule has 0 unspecified atom stereocenters. The quantitative estimate of drug-likeness (QED) is 0.250. The lowest BCUT2D eigenvalue weighted by atomic mass is 9.94. The van der Waals surface area contributed by atoms with E-state index in [4.69, 9.17) is 23.9 Å². The normalized spacial score (nSPS) is 16.2. The summed E-state index contributed by atoms with van der Waals surface area (Å²) in [6.45, 7) is 7.69. The molecule has 5 rings (SSSR count). The average Bonchev–Trinajstić information content (AvgIpc) is 3.69. The number of ether oxygens (including phenoxy) is 4. The molecule has 46 heavy (non-hydrogen) atoms. The van der Waals surface area contributed by atoms with Gasteiger partial charge in [0.2, 0.25) is 0 Å². The molecule has 1 saturated heterocycles. The monoisotopic (exact) mass is 711 g/mol. The number of carbonyl (C=O) groups is 2. The summed E-state index contributed by atoms with van der Waals surface area (Å²) >= 11 is 4.82. The van der Waals surface area contributed by atoms with Gasteiger partial charge in [-0.15, -0.1) is 0 Å². The fourth-order valence-corrected chi connectivity index (χ4v) is 7.22. The lowest BCUT2D eigenvalue weighted by Gasteiger charge is -2.26. The number of esters is 1. The molecule has 2 aromatic carbocycles. The summed E-state index contributed by atoms with van der Waals surface area (Å²) in [5.41, 5.74) is 2.11. The standard InChI is InChI=1S/C34H38BrN3O7S/c1-5-10-24-30(33(41)44-7-3)31(22-12-14-25(42-4)23(35)19-22)38-32(40)28(46-34(38)36-24)18-21-11-13-26(27(17-21)43-6-2)45-20-29(39)37-15-8-9-16-37/h11-14,17-19,31H,5-10,15-16,20H2,1-4H3/b28-18+/t31-/m0/s1. The zero-order valence-corrected chi connectivity index (χ0v) is 28.9. The molecule has 12 heteroatoms. The number of nitrogens with zero attached hydrogens (tertiary/aromatic N) is 3. The number of hydrogen-bond donors (Lipinski definition) is 0. The number of halogens is 1. The first kappa shape index (κ1) is 33.5. The van der Waals surface area contributed by atoms with Crippen molar-refractivity contribution in [3.05, 3.63) is 83.0 Å². The lowest BCUT2D eigenvalue weighted by molar-refractivity contribution is -0.139. The minimum atomic E-state index is -0.746. The van der Waals surface area contributed by atoms with Crippen LogP contribution in [0, 0.1) is 0 Å². The first-order chi connectivity index (χ1) is 22.3. The fourth-order valence-electron chi connectivity index (χ4n) is 5.64. The summed E-state index contributed by atoms with van der Waals surface area (Å²) in [5.74, 6) is 1.02. The van der Waals surface area contributed by atoms with Crippen LogP contribution < -0.4 is 29.1 Å². The smallest absolute Gasteiger partial charge is 0.338 e. The predicted molar refractivity (Wildman–Crippen MR) is 179 cm³/mol. The SMILES string of the molecule is CCCC1=C(C(=O)OCC)[C@H](c2ccc(OC)c(Br)c2)n2c(s/c(=C/c3ccc(OCC(=O)N4CCCC4)c(OCC)c3)c2=O)=N1. The summed E-state index contributed by atoms with van der Waals surface area (Å²) in [7, 11) is 1.58. The molecule has 2 aliphatic rings. The van der Waals surface area contributed by atoms with Crippen molar-refractivity contribution in [2.45, 2.75) is 52.5 Å². The Balaban J connectivity index is 1.58. The molecule has 10 nitrogen and oxygen atoms in total. The largest absolute Gasteiger partial charge is 0.496 e. The van der Waals surface area contributed by atoms with Crippen LogP contribution in [0.1, 0.15) is 63.6 Å². The molecule has 1 fully saturated rings. The number of aromatic nitrogens is 1. The molecule has 0 bridgehead atoms. The molecule has 0 saturated carbocycles. The molecule has 1 atom stereocenters. The average molecular weight is 713 g/mol. The predicted octanol–water partition coefficient (Wildman–Crippen LogP) is 4.75. The topological polar surface area (TPSA) is 109 Å². The van der Waals surface area contributed by atoms with Gasteiger partial charge in [0.25, 0.3) is 11.5 Å². The molecule has 0 spiro atoms. The van der Waals surface area contributed by atoms with Gasteiger partial charge in [0, 0.05) is 13.1 Å². The van der Waals surface area contributed by atoms with E-state index < -0.39 is 12.0 Å². The molecule has 3 heterocycles. The van der Waals surface area contributed by atoms with Gasteiger partial charge in [-0.05, 0) is 90.5 Å². The van der Waals surface area contributed by atoms with Crippen LogP contribution in [0.3, 0.4) is 0 Å². The van der Waals surface area contributed by atoms with Gasteiger partial charge < -0.3 is 23.8 Å². The minimum absolute atomic E-state index is 0.0480. The number of methoxy groups -OCH3 is 1. The maximum Gasteiger partial charge on any atom is 0.338 e. The van der Waals surface area contributed by atoms with E-state index >= 15 is 0 Å². The van der Waals surface area contributed by atoms with Crippen LogP contribution in [0.5, 0.6) is 17.2 Å². The van der Waals surface area contributed by atoms with Crippen LogP contribution in [0.25, 0.3) is 6.08 Å². The summed E-state index contributed by atoms with van der Waals surface area (Å²) in [4.78, 5) is 47.3. The van der Waals surface area contributed by atoms with Crippen molar-refractivity contribution in [3.8, 4) is 17.2 Å². The van der Waals surface area contributed by atoms with E-state index in [2.05, 4.69) is 15.9 Å². The van der Waals surface area contributed by atoms with Gasteiger partial charge in [-0.1, -0.05) is 36.8 Å². The third kappa shape index (κ3) is 7.07. The second kappa shape index (κ2) is 15.1. The highest BCUT2D eigenvalue weighted by atomic mass is 79.9. The Morgan fingerprint density at radius 3 is 2.46 bits per heavy atom. The summed E-state index contributed by atoms with van der Waals surface area (Å²) in [6, 6.07) is 10.1. The molecule has 0 aliphatic carbocycles. The third-order valence-corrected chi connectivity index (χ3v) is 9.36. The molecular weight excluding hydrogens is 674 g/mol. The molecule has 0 radical (unpaired) electrons. The number of benzene rings is 2. The zero-order valence-electron chi connectivity index (χ0n) is 26.5. The Kier molecular flexibility index (Phi) is 11.0. The molecule has 0 N–H and O–H groups in total. The maximum atomic E-state index is 14.2. The summed E-state index contributed by atoms with van der Waals surface area (Å²) < 4.78 is 25.3. The van der Waals surface area contributed by atoms with Crippen molar-refractivity contribution in [2.24, 2.45) is 4.99 Å². The van der Waals surface area contributed by atoms with Crippen molar-refractivity contribution in [1.82, 2.24) is 9.47 Å². The van der Waals surface area contributed by atoms with Crippen molar-refractivity contribution in [1.29, 1.82) is 0 Å². The summed E-state index contributed by atoms with van der Waals surface area (Å²) in [6.07, 6.45) is 5.11. The van der Waals surface area contributed by atoms with Gasteiger partial charge in [-0.25, -0.2) is 9.79 Å². The van der Waals surface area contributed by atoms with Crippen molar-refractivity contribution < 1.29 is 28.5 Å². The fraction of sp³-hybridized carbons (Fsp3) is 0.412. The van der Waals surface area contributed by atoms with Gasteiger partial charge in [0.15, 0.2) is 22.9 Å². The van der Waals surface area contributed by atoms with Crippen LogP contribution in [0.15, 0.2) is 61.9 Å². The number of fused-ring (bicyclic) bond motifs is 1. The van der Waals surface area contributed by atoms with E-state index in [1.54, 1.807) is 42.9 Å². The molecule has 3 aromatic rings. The molecule has 1 aromatic heterocycles. The van der Waals surface area contributed by atoms with E-state index in [-0.39, 0.29) is 24.7 Å². The van der Waals surface area contributed by atoms with E-state index in [0.717, 1.165) is 37.9 Å². The minimum Gasteiger partial charge on any atom is -0.496 e. The second-order valence-electron chi connectivity index (χ2n) is 10.8. The number of amides is 1. The highest BCUT2D eigenvalue weighted by Crippen LogP contribution is 2.36. The molecule has 1 amide bonds. The van der Waals surface area contributed by atoms with Crippen molar-refractivity contribution in [3.63, 3.8) is 0 Å². The van der Waals surface area contributed by atoms with Gasteiger partial charge in [-0.2, -0.15) is 0 Å². The summed E-state index contributed by atoms with van der Waals surface area (Å²) in [5, 5.41) is 0. The Morgan fingerprint density at radius 2 is 1.78 bits per heavy atom.